The highest BCUT2D eigenvalue weighted by molar-refractivity contribution is 5.81. The van der Waals surface area contributed by atoms with Crippen LogP contribution in [0, 0.1) is 0 Å². The third kappa shape index (κ3) is 2.58. The van der Waals surface area contributed by atoms with E-state index in [0.717, 1.165) is 19.3 Å². The van der Waals surface area contributed by atoms with Crippen molar-refractivity contribution in [2.24, 2.45) is 0 Å². The molecule has 0 amide bonds. The fraction of sp³-hybridized carbons (Fsp3) is 0.917. The minimum Gasteiger partial charge on any atom is -0.313 e. The van der Waals surface area contributed by atoms with Crippen molar-refractivity contribution in [3.05, 3.63) is 0 Å². The van der Waals surface area contributed by atoms with Gasteiger partial charge < -0.3 is 5.21 Å². The number of hydrogen-bond donors (Lipinski definition) is 1. The largest absolute Gasteiger partial charge is 0.313 e. The lowest BCUT2D eigenvalue weighted by Gasteiger charge is -2.49. The van der Waals surface area contributed by atoms with E-state index in [4.69, 9.17) is 0 Å². The number of piperidine rings is 1. The van der Waals surface area contributed by atoms with Crippen molar-refractivity contribution in [1.82, 2.24) is 5.06 Å². The lowest BCUT2D eigenvalue weighted by molar-refractivity contribution is -0.244. The van der Waals surface area contributed by atoms with Crippen LogP contribution in [0.2, 0.25) is 0 Å². The molecule has 0 aromatic heterocycles. The highest BCUT2D eigenvalue weighted by atomic mass is 16.5. The maximum atomic E-state index is 11.7. The number of hydroxylamine groups is 2. The van der Waals surface area contributed by atoms with Crippen LogP contribution in [-0.2, 0) is 4.79 Å². The Hall–Kier alpha value is -0.410. The third-order valence-electron chi connectivity index (χ3n) is 3.36. The van der Waals surface area contributed by atoms with Gasteiger partial charge in [-0.2, -0.15) is 5.06 Å². The molecule has 88 valence electrons. The molecule has 1 fully saturated rings. The van der Waals surface area contributed by atoms with Crippen LogP contribution in [0.1, 0.15) is 59.8 Å². The van der Waals surface area contributed by atoms with E-state index in [1.807, 2.05) is 20.8 Å². The van der Waals surface area contributed by atoms with Crippen molar-refractivity contribution < 1.29 is 10.0 Å². The number of rotatable bonds is 3. The number of unbranched alkanes of at least 4 members (excludes halogenated alkanes) is 1. The van der Waals surface area contributed by atoms with E-state index >= 15 is 0 Å². The molecule has 1 aliphatic heterocycles. The summed E-state index contributed by atoms with van der Waals surface area (Å²) in [6.45, 7) is 7.96. The molecule has 0 bridgehead atoms. The molecular formula is C12H23NO2. The summed E-state index contributed by atoms with van der Waals surface area (Å²) in [5, 5.41) is 11.6. The molecule has 1 aliphatic rings. The molecule has 1 N–H and O–H groups in total. The van der Waals surface area contributed by atoms with Crippen LogP contribution in [0.5, 0.6) is 0 Å². The summed E-state index contributed by atoms with van der Waals surface area (Å²) in [6, 6.07) is 0. The molecular weight excluding hydrogens is 190 g/mol. The van der Waals surface area contributed by atoms with Crippen LogP contribution in [0.15, 0.2) is 0 Å². The predicted octanol–water partition coefficient (Wildman–Crippen LogP) is 2.77. The Labute approximate surface area is 92.4 Å². The van der Waals surface area contributed by atoms with Crippen LogP contribution in [0.25, 0.3) is 0 Å². The Morgan fingerprint density at radius 2 is 1.93 bits per heavy atom. The van der Waals surface area contributed by atoms with E-state index in [0.29, 0.717) is 12.8 Å². The zero-order valence-electron chi connectivity index (χ0n) is 10.3. The number of Topliss-reactive ketones (excluding diaryl/α,β-unsaturated/α-hetero) is 1. The van der Waals surface area contributed by atoms with Gasteiger partial charge in [0.1, 0.15) is 5.78 Å². The van der Waals surface area contributed by atoms with Gasteiger partial charge in [0.2, 0.25) is 0 Å². The molecule has 0 saturated carbocycles. The quantitative estimate of drug-likeness (QED) is 0.783. The van der Waals surface area contributed by atoms with Crippen LogP contribution < -0.4 is 0 Å². The van der Waals surface area contributed by atoms with Gasteiger partial charge in [-0.05, 0) is 27.2 Å². The molecule has 0 aromatic rings. The van der Waals surface area contributed by atoms with Crippen molar-refractivity contribution in [3.8, 4) is 0 Å². The fourth-order valence-electron chi connectivity index (χ4n) is 2.60. The van der Waals surface area contributed by atoms with E-state index in [9.17, 15) is 10.0 Å². The Morgan fingerprint density at radius 3 is 2.47 bits per heavy atom. The first kappa shape index (κ1) is 12.7. The first-order chi connectivity index (χ1) is 6.82. The van der Waals surface area contributed by atoms with Crippen molar-refractivity contribution in [2.75, 3.05) is 0 Å². The minimum absolute atomic E-state index is 0.268. The summed E-state index contributed by atoms with van der Waals surface area (Å²) < 4.78 is 0. The summed E-state index contributed by atoms with van der Waals surface area (Å²) in [5.41, 5.74) is -0.785. The van der Waals surface area contributed by atoms with E-state index < -0.39 is 5.54 Å². The molecule has 1 saturated heterocycles. The third-order valence-corrected chi connectivity index (χ3v) is 3.36. The molecule has 0 aliphatic carbocycles. The number of carbonyl (C=O) groups is 1. The SMILES string of the molecule is CCCCC1(C)CC(=O)CC(C)(C)N1O. The molecule has 1 unspecified atom stereocenters. The summed E-state index contributed by atoms with van der Waals surface area (Å²) in [6.07, 6.45) is 3.96. The number of hydrogen-bond acceptors (Lipinski definition) is 3. The zero-order valence-corrected chi connectivity index (χ0v) is 10.3. The van der Waals surface area contributed by atoms with Gasteiger partial charge in [0, 0.05) is 18.4 Å². The summed E-state index contributed by atoms with van der Waals surface area (Å²) in [5.74, 6) is 0.268. The van der Waals surface area contributed by atoms with Crippen LogP contribution in [0.3, 0.4) is 0 Å². The molecule has 0 spiro atoms. The van der Waals surface area contributed by atoms with E-state index in [1.165, 1.54) is 5.06 Å². The molecule has 3 nitrogen and oxygen atoms in total. The first-order valence-electron chi connectivity index (χ1n) is 5.83. The second kappa shape index (κ2) is 4.22. The topological polar surface area (TPSA) is 40.5 Å². The maximum Gasteiger partial charge on any atom is 0.136 e. The summed E-state index contributed by atoms with van der Waals surface area (Å²) in [4.78, 5) is 11.7. The average molecular weight is 213 g/mol. The number of carbonyl (C=O) groups excluding carboxylic acids is 1. The number of ketones is 1. The van der Waals surface area contributed by atoms with Crippen molar-refractivity contribution in [3.63, 3.8) is 0 Å². The molecule has 1 rings (SSSR count). The summed E-state index contributed by atoms with van der Waals surface area (Å²) in [7, 11) is 0. The maximum absolute atomic E-state index is 11.7. The molecule has 15 heavy (non-hydrogen) atoms. The molecule has 1 atom stereocenters. The van der Waals surface area contributed by atoms with E-state index in [-0.39, 0.29) is 11.3 Å². The lowest BCUT2D eigenvalue weighted by atomic mass is 9.78. The first-order valence-corrected chi connectivity index (χ1v) is 5.83. The fourth-order valence-corrected chi connectivity index (χ4v) is 2.60. The van der Waals surface area contributed by atoms with E-state index in [1.54, 1.807) is 0 Å². The monoisotopic (exact) mass is 213 g/mol. The van der Waals surface area contributed by atoms with Gasteiger partial charge in [0.15, 0.2) is 0 Å². The number of nitrogens with zero attached hydrogens (tertiary/aromatic N) is 1. The highest BCUT2D eigenvalue weighted by Gasteiger charge is 2.46. The van der Waals surface area contributed by atoms with Gasteiger partial charge in [0.05, 0.1) is 5.54 Å². The van der Waals surface area contributed by atoms with Gasteiger partial charge in [-0.1, -0.05) is 19.8 Å². The molecule has 3 heteroatoms. The molecule has 1 heterocycles. The second-order valence-electron chi connectivity index (χ2n) is 5.62. The zero-order chi connectivity index (χ0) is 11.7. The average Bonchev–Trinajstić information content (AvgIpc) is 2.10. The standard InChI is InChI=1S/C12H23NO2/c1-5-6-7-12(4)9-10(14)8-11(2,3)13(12)15/h15H,5-9H2,1-4H3. The van der Waals surface area contributed by atoms with Gasteiger partial charge >= 0.3 is 0 Å². The minimum atomic E-state index is -0.419. The second-order valence-corrected chi connectivity index (χ2v) is 5.62. The van der Waals surface area contributed by atoms with Gasteiger partial charge in [0.25, 0.3) is 0 Å². The van der Waals surface area contributed by atoms with E-state index in [2.05, 4.69) is 6.92 Å². The van der Waals surface area contributed by atoms with Crippen LogP contribution in [-0.4, -0.2) is 27.1 Å². The normalized spacial score (nSPS) is 31.9. The van der Waals surface area contributed by atoms with Crippen molar-refractivity contribution >= 4 is 5.78 Å². The Morgan fingerprint density at radius 1 is 1.33 bits per heavy atom. The van der Waals surface area contributed by atoms with Gasteiger partial charge in [-0.25, -0.2) is 0 Å². The van der Waals surface area contributed by atoms with Gasteiger partial charge in [-0.3, -0.25) is 4.79 Å². The Bertz CT molecular complexity index is 250. The van der Waals surface area contributed by atoms with Crippen LogP contribution >= 0.6 is 0 Å². The molecule has 0 aromatic carbocycles. The highest BCUT2D eigenvalue weighted by Crippen LogP contribution is 2.37. The predicted molar refractivity (Wildman–Crippen MR) is 59.9 cm³/mol. The molecule has 0 radical (unpaired) electrons. The smallest absolute Gasteiger partial charge is 0.136 e. The Balaban J connectivity index is 2.82. The Kier molecular flexibility index (Phi) is 3.56. The summed E-state index contributed by atoms with van der Waals surface area (Å²) >= 11 is 0. The van der Waals surface area contributed by atoms with Crippen molar-refractivity contribution in [1.29, 1.82) is 0 Å². The van der Waals surface area contributed by atoms with Crippen LogP contribution in [0.4, 0.5) is 0 Å². The van der Waals surface area contributed by atoms with Gasteiger partial charge in [-0.15, -0.1) is 0 Å². The lowest BCUT2D eigenvalue weighted by Crippen LogP contribution is -2.60. The van der Waals surface area contributed by atoms with Crippen molar-refractivity contribution in [2.45, 2.75) is 70.9 Å².